The maximum atomic E-state index is 12.1. The number of carbonyl (C=O) groups is 1. The quantitative estimate of drug-likeness (QED) is 0.678. The van der Waals surface area contributed by atoms with Crippen LogP contribution in [0, 0.1) is 0 Å². The van der Waals surface area contributed by atoms with Gasteiger partial charge in [0.1, 0.15) is 5.82 Å². The summed E-state index contributed by atoms with van der Waals surface area (Å²) < 4.78 is 8.85. The molecule has 0 bridgehead atoms. The van der Waals surface area contributed by atoms with Crippen molar-refractivity contribution in [3.05, 3.63) is 26.7 Å². The number of aryl methyl sites for hydroxylation is 2. The van der Waals surface area contributed by atoms with Gasteiger partial charge in [-0.3, -0.25) is 18.7 Å². The van der Waals surface area contributed by atoms with Crippen LogP contribution < -0.4 is 11.2 Å². The summed E-state index contributed by atoms with van der Waals surface area (Å²) in [7, 11) is 4.69. The van der Waals surface area contributed by atoms with Gasteiger partial charge >= 0.3 is 11.7 Å². The molecule has 2 heterocycles. The zero-order valence-electron chi connectivity index (χ0n) is 11.8. The summed E-state index contributed by atoms with van der Waals surface area (Å²) in [5.41, 5.74) is -0.130. The number of aromatic nitrogens is 4. The van der Waals surface area contributed by atoms with E-state index in [0.29, 0.717) is 23.4 Å². The standard InChI is InChI=1S/C12H16N4O4/c1-7(17)20-6-5-8-13-10-9(14(8)2)11(18)16(4)12(19)15(10)3/h5-6H2,1-4H3. The second kappa shape index (κ2) is 4.95. The minimum absolute atomic E-state index is 0.181. The molecule has 2 aromatic rings. The molecule has 2 aromatic heterocycles. The molecule has 8 heteroatoms. The summed E-state index contributed by atoms with van der Waals surface area (Å²) >= 11 is 0. The van der Waals surface area contributed by atoms with Crippen LogP contribution >= 0.6 is 0 Å². The van der Waals surface area contributed by atoms with Crippen LogP contribution in [0.15, 0.2) is 9.59 Å². The fraction of sp³-hybridized carbons (Fsp3) is 0.500. The molecule has 0 aromatic carbocycles. The Kier molecular flexibility index (Phi) is 3.47. The number of hydrogen-bond donors (Lipinski definition) is 0. The van der Waals surface area contributed by atoms with Crippen molar-refractivity contribution >= 4 is 17.1 Å². The van der Waals surface area contributed by atoms with Gasteiger partial charge < -0.3 is 9.30 Å². The molecule has 0 saturated carbocycles. The van der Waals surface area contributed by atoms with Gasteiger partial charge in [-0.1, -0.05) is 0 Å². The van der Waals surface area contributed by atoms with Crippen LogP contribution in [0.1, 0.15) is 12.7 Å². The van der Waals surface area contributed by atoms with Crippen LogP contribution in [0.3, 0.4) is 0 Å². The molecule has 0 amide bonds. The molecule has 0 aliphatic rings. The lowest BCUT2D eigenvalue weighted by molar-refractivity contribution is -0.140. The molecule has 0 aliphatic carbocycles. The van der Waals surface area contributed by atoms with Gasteiger partial charge in [-0.2, -0.15) is 0 Å². The second-order valence-electron chi connectivity index (χ2n) is 4.56. The van der Waals surface area contributed by atoms with Crippen molar-refractivity contribution in [1.82, 2.24) is 18.7 Å². The van der Waals surface area contributed by atoms with E-state index in [1.54, 1.807) is 18.7 Å². The molecule has 0 aliphatic heterocycles. The van der Waals surface area contributed by atoms with E-state index in [2.05, 4.69) is 4.98 Å². The van der Waals surface area contributed by atoms with Crippen LogP contribution in [0.2, 0.25) is 0 Å². The number of nitrogens with zero attached hydrogens (tertiary/aromatic N) is 4. The van der Waals surface area contributed by atoms with E-state index in [4.69, 9.17) is 4.74 Å². The SMILES string of the molecule is CC(=O)OCCc1nc2c(c(=O)n(C)c(=O)n2C)n1C. The first-order chi connectivity index (χ1) is 9.34. The third-order valence-electron chi connectivity index (χ3n) is 3.20. The topological polar surface area (TPSA) is 88.1 Å². The van der Waals surface area contributed by atoms with Crippen LogP contribution in [0.4, 0.5) is 0 Å². The average Bonchev–Trinajstić information content (AvgIpc) is 2.71. The summed E-state index contributed by atoms with van der Waals surface area (Å²) in [6.45, 7) is 1.51. The minimum Gasteiger partial charge on any atom is -0.465 e. The van der Waals surface area contributed by atoms with Gasteiger partial charge in [-0.25, -0.2) is 9.78 Å². The summed E-state index contributed by atoms with van der Waals surface area (Å²) in [5.74, 6) is 0.214. The van der Waals surface area contributed by atoms with Gasteiger partial charge in [0.05, 0.1) is 6.61 Å². The van der Waals surface area contributed by atoms with Gasteiger partial charge in [0.25, 0.3) is 5.56 Å². The maximum Gasteiger partial charge on any atom is 0.332 e. The normalized spacial score (nSPS) is 11.0. The van der Waals surface area contributed by atoms with Crippen molar-refractivity contribution in [2.75, 3.05) is 6.61 Å². The molecule has 20 heavy (non-hydrogen) atoms. The second-order valence-corrected chi connectivity index (χ2v) is 4.56. The molecule has 2 rings (SSSR count). The Labute approximate surface area is 114 Å². The lowest BCUT2D eigenvalue weighted by Crippen LogP contribution is -2.37. The molecule has 0 unspecified atom stereocenters. The molecule has 0 atom stereocenters. The van der Waals surface area contributed by atoms with Crippen molar-refractivity contribution in [3.8, 4) is 0 Å². The smallest absolute Gasteiger partial charge is 0.332 e. The largest absolute Gasteiger partial charge is 0.465 e. The zero-order chi connectivity index (χ0) is 15.0. The number of fused-ring (bicyclic) bond motifs is 1. The highest BCUT2D eigenvalue weighted by molar-refractivity contribution is 5.71. The van der Waals surface area contributed by atoms with E-state index in [9.17, 15) is 14.4 Å². The monoisotopic (exact) mass is 280 g/mol. The van der Waals surface area contributed by atoms with Gasteiger partial charge in [0, 0.05) is 34.5 Å². The van der Waals surface area contributed by atoms with Crippen molar-refractivity contribution in [2.24, 2.45) is 21.1 Å². The lowest BCUT2D eigenvalue weighted by Gasteiger charge is -2.04. The Bertz CT molecular complexity index is 796. The summed E-state index contributed by atoms with van der Waals surface area (Å²) in [6, 6.07) is 0. The molecule has 0 N–H and O–H groups in total. The molecule has 108 valence electrons. The Morgan fingerprint density at radius 1 is 1.15 bits per heavy atom. The molecule has 0 fully saturated rings. The first kappa shape index (κ1) is 14.0. The van der Waals surface area contributed by atoms with E-state index in [0.717, 1.165) is 4.57 Å². The minimum atomic E-state index is -0.424. The van der Waals surface area contributed by atoms with Gasteiger partial charge in [0.2, 0.25) is 0 Å². The predicted octanol–water partition coefficient (Wildman–Crippen LogP) is -0.924. The van der Waals surface area contributed by atoms with E-state index in [-0.39, 0.29) is 12.6 Å². The Hall–Kier alpha value is -2.38. The summed E-state index contributed by atoms with van der Waals surface area (Å²) in [5, 5.41) is 0. The first-order valence-corrected chi connectivity index (χ1v) is 6.09. The average molecular weight is 280 g/mol. The fourth-order valence-corrected chi connectivity index (χ4v) is 2.07. The van der Waals surface area contributed by atoms with E-state index < -0.39 is 11.2 Å². The van der Waals surface area contributed by atoms with Crippen LogP contribution in [-0.4, -0.2) is 31.3 Å². The number of imidazole rings is 1. The van der Waals surface area contributed by atoms with Crippen molar-refractivity contribution < 1.29 is 9.53 Å². The van der Waals surface area contributed by atoms with Crippen LogP contribution in [-0.2, 0) is 37.1 Å². The number of ether oxygens (including phenoxy) is 1. The Balaban J connectivity index is 2.56. The number of esters is 1. The summed E-state index contributed by atoms with van der Waals surface area (Å²) in [6.07, 6.45) is 0.377. The first-order valence-electron chi connectivity index (χ1n) is 6.09. The molecular formula is C12H16N4O4. The third-order valence-corrected chi connectivity index (χ3v) is 3.20. The van der Waals surface area contributed by atoms with Gasteiger partial charge in [-0.15, -0.1) is 0 Å². The molecular weight excluding hydrogens is 264 g/mol. The highest BCUT2D eigenvalue weighted by Gasteiger charge is 2.16. The van der Waals surface area contributed by atoms with Crippen molar-refractivity contribution in [1.29, 1.82) is 0 Å². The molecule has 0 saturated heterocycles. The van der Waals surface area contributed by atoms with E-state index >= 15 is 0 Å². The van der Waals surface area contributed by atoms with E-state index in [1.165, 1.54) is 18.5 Å². The lowest BCUT2D eigenvalue weighted by atomic mass is 10.4. The Morgan fingerprint density at radius 3 is 2.40 bits per heavy atom. The highest BCUT2D eigenvalue weighted by atomic mass is 16.5. The van der Waals surface area contributed by atoms with Gasteiger partial charge in [0.15, 0.2) is 11.2 Å². The van der Waals surface area contributed by atoms with Crippen molar-refractivity contribution in [3.63, 3.8) is 0 Å². The van der Waals surface area contributed by atoms with Crippen LogP contribution in [0.25, 0.3) is 11.2 Å². The summed E-state index contributed by atoms with van der Waals surface area (Å²) in [4.78, 5) is 39.0. The van der Waals surface area contributed by atoms with Crippen molar-refractivity contribution in [2.45, 2.75) is 13.3 Å². The number of carbonyl (C=O) groups excluding carboxylic acids is 1. The number of rotatable bonds is 3. The zero-order valence-corrected chi connectivity index (χ0v) is 11.8. The molecule has 0 radical (unpaired) electrons. The van der Waals surface area contributed by atoms with Gasteiger partial charge in [-0.05, 0) is 0 Å². The number of hydrogen-bond acceptors (Lipinski definition) is 5. The van der Waals surface area contributed by atoms with E-state index in [1.807, 2.05) is 0 Å². The molecule has 0 spiro atoms. The fourth-order valence-electron chi connectivity index (χ4n) is 2.07. The highest BCUT2D eigenvalue weighted by Crippen LogP contribution is 2.09. The molecule has 8 nitrogen and oxygen atoms in total. The Morgan fingerprint density at radius 2 is 1.80 bits per heavy atom. The third kappa shape index (κ3) is 2.13. The predicted molar refractivity (Wildman–Crippen MR) is 71.5 cm³/mol. The maximum absolute atomic E-state index is 12.1. The van der Waals surface area contributed by atoms with Crippen LogP contribution in [0.5, 0.6) is 0 Å².